The highest BCUT2D eigenvalue weighted by Crippen LogP contribution is 2.28. The number of fused-ring (bicyclic) bond motifs is 1. The van der Waals surface area contributed by atoms with Gasteiger partial charge >= 0.3 is 0 Å². The SMILES string of the molecule is CC1(C)CN(Cc2ccsc2)c2ccccc2CN1. The lowest BCUT2D eigenvalue weighted by Gasteiger charge is -2.32. The number of hydrogen-bond acceptors (Lipinski definition) is 3. The molecule has 0 fully saturated rings. The van der Waals surface area contributed by atoms with Gasteiger partial charge in [-0.2, -0.15) is 11.3 Å². The lowest BCUT2D eigenvalue weighted by atomic mass is 10.1. The van der Waals surface area contributed by atoms with Crippen molar-refractivity contribution in [1.29, 1.82) is 0 Å². The monoisotopic (exact) mass is 272 g/mol. The zero-order chi connectivity index (χ0) is 13.3. The topological polar surface area (TPSA) is 15.3 Å². The number of nitrogens with zero attached hydrogens (tertiary/aromatic N) is 1. The number of nitrogens with one attached hydrogen (secondary N) is 1. The highest BCUT2D eigenvalue weighted by molar-refractivity contribution is 7.07. The van der Waals surface area contributed by atoms with Crippen molar-refractivity contribution < 1.29 is 0 Å². The minimum atomic E-state index is 0.134. The molecule has 3 rings (SSSR count). The van der Waals surface area contributed by atoms with Gasteiger partial charge in [0.1, 0.15) is 0 Å². The Morgan fingerprint density at radius 1 is 1.26 bits per heavy atom. The van der Waals surface area contributed by atoms with Crippen molar-refractivity contribution in [1.82, 2.24) is 5.32 Å². The second-order valence-corrected chi connectivity index (χ2v) is 6.63. The molecule has 0 amide bonds. The van der Waals surface area contributed by atoms with Gasteiger partial charge in [-0.3, -0.25) is 0 Å². The molecule has 0 atom stereocenters. The largest absolute Gasteiger partial charge is 0.365 e. The minimum absolute atomic E-state index is 0.134. The van der Waals surface area contributed by atoms with Gasteiger partial charge in [-0.05, 0) is 47.9 Å². The van der Waals surface area contributed by atoms with Crippen molar-refractivity contribution in [3.8, 4) is 0 Å². The third-order valence-corrected chi connectivity index (χ3v) is 4.36. The van der Waals surface area contributed by atoms with E-state index in [1.807, 2.05) is 0 Å². The van der Waals surface area contributed by atoms with Crippen molar-refractivity contribution >= 4 is 17.0 Å². The van der Waals surface area contributed by atoms with Crippen molar-refractivity contribution in [2.45, 2.75) is 32.5 Å². The van der Waals surface area contributed by atoms with Crippen LogP contribution in [0.1, 0.15) is 25.0 Å². The molecular formula is C16H20N2S. The number of para-hydroxylation sites is 1. The first-order chi connectivity index (χ1) is 9.14. The van der Waals surface area contributed by atoms with Crippen LogP contribution in [0.3, 0.4) is 0 Å². The Kier molecular flexibility index (Phi) is 3.33. The predicted molar refractivity (Wildman–Crippen MR) is 82.7 cm³/mol. The highest BCUT2D eigenvalue weighted by atomic mass is 32.1. The Morgan fingerprint density at radius 3 is 2.89 bits per heavy atom. The lowest BCUT2D eigenvalue weighted by Crippen LogP contribution is -2.46. The highest BCUT2D eigenvalue weighted by Gasteiger charge is 2.26. The number of rotatable bonds is 2. The summed E-state index contributed by atoms with van der Waals surface area (Å²) in [6.45, 7) is 7.52. The van der Waals surface area contributed by atoms with Crippen LogP contribution >= 0.6 is 11.3 Å². The smallest absolute Gasteiger partial charge is 0.0438 e. The summed E-state index contributed by atoms with van der Waals surface area (Å²) < 4.78 is 0. The molecule has 100 valence electrons. The van der Waals surface area contributed by atoms with E-state index in [0.29, 0.717) is 0 Å². The lowest BCUT2D eigenvalue weighted by molar-refractivity contribution is 0.395. The predicted octanol–water partition coefficient (Wildman–Crippen LogP) is 3.64. The Hall–Kier alpha value is -1.32. The molecule has 2 nitrogen and oxygen atoms in total. The Bertz CT molecular complexity index is 546. The first-order valence-corrected chi connectivity index (χ1v) is 7.67. The van der Waals surface area contributed by atoms with Crippen LogP contribution in [0.2, 0.25) is 0 Å². The number of benzene rings is 1. The van der Waals surface area contributed by atoms with Crippen molar-refractivity contribution in [2.75, 3.05) is 11.4 Å². The van der Waals surface area contributed by atoms with Gasteiger partial charge in [0.05, 0.1) is 0 Å². The first-order valence-electron chi connectivity index (χ1n) is 6.73. The number of thiophene rings is 1. The first kappa shape index (κ1) is 12.7. The Balaban J connectivity index is 1.94. The second kappa shape index (κ2) is 4.99. The van der Waals surface area contributed by atoms with E-state index in [1.165, 1.54) is 16.8 Å². The average molecular weight is 272 g/mol. The van der Waals surface area contributed by atoms with Gasteiger partial charge in [-0.15, -0.1) is 0 Å². The molecule has 2 heterocycles. The van der Waals surface area contributed by atoms with Crippen LogP contribution in [0.5, 0.6) is 0 Å². The molecule has 3 heteroatoms. The molecule has 0 unspecified atom stereocenters. The number of hydrogen-bond donors (Lipinski definition) is 1. The minimum Gasteiger partial charge on any atom is -0.365 e. The average Bonchev–Trinajstić information content (AvgIpc) is 2.84. The van der Waals surface area contributed by atoms with Crippen LogP contribution in [0.4, 0.5) is 5.69 Å². The molecule has 0 aliphatic carbocycles. The molecule has 1 aromatic heterocycles. The maximum absolute atomic E-state index is 3.65. The zero-order valence-corrected chi connectivity index (χ0v) is 12.3. The fourth-order valence-corrected chi connectivity index (χ4v) is 3.33. The van der Waals surface area contributed by atoms with E-state index in [9.17, 15) is 0 Å². The molecule has 0 saturated carbocycles. The third-order valence-electron chi connectivity index (χ3n) is 3.63. The molecule has 1 aliphatic rings. The van der Waals surface area contributed by atoms with Crippen LogP contribution in [0.25, 0.3) is 0 Å². The van der Waals surface area contributed by atoms with E-state index in [4.69, 9.17) is 0 Å². The normalized spacial score (nSPS) is 17.9. The molecule has 0 bridgehead atoms. The van der Waals surface area contributed by atoms with Gasteiger partial charge in [-0.25, -0.2) is 0 Å². The molecule has 0 radical (unpaired) electrons. The van der Waals surface area contributed by atoms with E-state index in [-0.39, 0.29) is 5.54 Å². The zero-order valence-electron chi connectivity index (χ0n) is 11.5. The van der Waals surface area contributed by atoms with Gasteiger partial charge in [0.2, 0.25) is 0 Å². The Morgan fingerprint density at radius 2 is 2.11 bits per heavy atom. The van der Waals surface area contributed by atoms with E-state index >= 15 is 0 Å². The summed E-state index contributed by atoms with van der Waals surface area (Å²) in [5.74, 6) is 0. The molecule has 1 aromatic carbocycles. The molecule has 19 heavy (non-hydrogen) atoms. The maximum Gasteiger partial charge on any atom is 0.0438 e. The van der Waals surface area contributed by atoms with Gasteiger partial charge < -0.3 is 10.2 Å². The molecule has 1 N–H and O–H groups in total. The summed E-state index contributed by atoms with van der Waals surface area (Å²) in [6, 6.07) is 11.0. The standard InChI is InChI=1S/C16H20N2S/c1-16(2)12-18(10-13-7-8-19-11-13)15-6-4-3-5-14(15)9-17-16/h3-8,11,17H,9-10,12H2,1-2H3. The van der Waals surface area contributed by atoms with Crippen LogP contribution in [0.15, 0.2) is 41.1 Å². The van der Waals surface area contributed by atoms with Crippen LogP contribution in [-0.2, 0) is 13.1 Å². The summed E-state index contributed by atoms with van der Waals surface area (Å²) in [4.78, 5) is 2.50. The molecule has 1 aliphatic heterocycles. The molecule has 0 saturated heterocycles. The third kappa shape index (κ3) is 2.82. The van der Waals surface area contributed by atoms with E-state index in [0.717, 1.165) is 19.6 Å². The summed E-state index contributed by atoms with van der Waals surface area (Å²) in [7, 11) is 0. The van der Waals surface area contributed by atoms with Gasteiger partial charge in [0, 0.05) is 30.9 Å². The molecular weight excluding hydrogens is 252 g/mol. The van der Waals surface area contributed by atoms with Crippen molar-refractivity contribution in [2.24, 2.45) is 0 Å². The maximum atomic E-state index is 3.65. The summed E-state index contributed by atoms with van der Waals surface area (Å²) in [6.07, 6.45) is 0. The van der Waals surface area contributed by atoms with E-state index < -0.39 is 0 Å². The molecule has 0 spiro atoms. The molecule has 2 aromatic rings. The van der Waals surface area contributed by atoms with E-state index in [2.05, 4.69) is 65.2 Å². The van der Waals surface area contributed by atoms with Crippen molar-refractivity contribution in [3.05, 3.63) is 52.2 Å². The fourth-order valence-electron chi connectivity index (χ4n) is 2.67. The van der Waals surface area contributed by atoms with Crippen molar-refractivity contribution in [3.63, 3.8) is 0 Å². The quantitative estimate of drug-likeness (QED) is 0.898. The summed E-state index contributed by atoms with van der Waals surface area (Å²) in [5.41, 5.74) is 4.29. The van der Waals surface area contributed by atoms with Gasteiger partial charge in [0.15, 0.2) is 0 Å². The van der Waals surface area contributed by atoms with E-state index in [1.54, 1.807) is 11.3 Å². The van der Waals surface area contributed by atoms with Crippen LogP contribution < -0.4 is 10.2 Å². The summed E-state index contributed by atoms with van der Waals surface area (Å²) >= 11 is 1.77. The Labute approximate surface area is 119 Å². The number of anilines is 1. The summed E-state index contributed by atoms with van der Waals surface area (Å²) in [5, 5.41) is 8.05. The fraction of sp³-hybridized carbons (Fsp3) is 0.375. The van der Waals surface area contributed by atoms with Crippen LogP contribution in [-0.4, -0.2) is 12.1 Å². The van der Waals surface area contributed by atoms with Gasteiger partial charge in [-0.1, -0.05) is 18.2 Å². The van der Waals surface area contributed by atoms with Gasteiger partial charge in [0.25, 0.3) is 0 Å². The second-order valence-electron chi connectivity index (χ2n) is 5.85. The van der Waals surface area contributed by atoms with Crippen LogP contribution in [0, 0.1) is 0 Å².